The quantitative estimate of drug-likeness (QED) is 0.619. The van der Waals surface area contributed by atoms with Crippen LogP contribution in [0.1, 0.15) is 33.3 Å². The van der Waals surface area contributed by atoms with E-state index in [0.29, 0.717) is 0 Å². The summed E-state index contributed by atoms with van der Waals surface area (Å²) in [5, 5.41) is 1.19. The van der Waals surface area contributed by atoms with Gasteiger partial charge in [0.15, 0.2) is 0 Å². The van der Waals surface area contributed by atoms with Crippen LogP contribution < -0.4 is 24.8 Å². The first-order chi connectivity index (χ1) is 9.44. The molecule has 115 valence electrons. The Balaban J connectivity index is 0.00000121. The van der Waals surface area contributed by atoms with Gasteiger partial charge >= 0.3 is 129 Å². The molecule has 0 amide bonds. The molecule has 0 fully saturated rings. The smallest absolute Gasteiger partial charge is 1.00 e. The third-order valence-electron chi connectivity index (χ3n) is 4.57. The number of nitrogens with zero attached hydrogens (tertiary/aromatic N) is 1. The second-order valence-electron chi connectivity index (χ2n) is 5.96. The summed E-state index contributed by atoms with van der Waals surface area (Å²) in [6, 6.07) is 10.5. The van der Waals surface area contributed by atoms with Gasteiger partial charge in [-0.25, -0.2) is 0 Å². The van der Waals surface area contributed by atoms with Crippen LogP contribution in [0.5, 0.6) is 0 Å². The number of hydrogen-bond acceptors (Lipinski definition) is 1. The molecule has 1 heterocycles. The fraction of sp³-hybridized carbons (Fsp3) is 0.278. The molecule has 3 rings (SSSR count). The number of fused-ring (bicyclic) bond motifs is 1. The van der Waals surface area contributed by atoms with Gasteiger partial charge in [0.25, 0.3) is 0 Å². The molecule has 0 bridgehead atoms. The summed E-state index contributed by atoms with van der Waals surface area (Å²) >= 11 is 3.31. The summed E-state index contributed by atoms with van der Waals surface area (Å²) < 4.78 is 1.32. The maximum Gasteiger partial charge on any atom is -1.00 e. The Kier molecular flexibility index (Phi) is 5.93. The van der Waals surface area contributed by atoms with Crippen LogP contribution in [0.2, 0.25) is 0 Å². The minimum absolute atomic E-state index is 0. The molecule has 0 radical (unpaired) electrons. The van der Waals surface area contributed by atoms with Gasteiger partial charge in [-0.1, -0.05) is 0 Å². The molecule has 0 N–H and O–H groups in total. The van der Waals surface area contributed by atoms with Crippen molar-refractivity contribution in [1.29, 1.82) is 0 Å². The molecule has 0 saturated carbocycles. The summed E-state index contributed by atoms with van der Waals surface area (Å²) in [4.78, 5) is 4.60. The average molecular weight is 371 g/mol. The number of rotatable bonds is 1. The molecule has 22 heavy (non-hydrogen) atoms. The predicted molar refractivity (Wildman–Crippen MR) is 80.8 cm³/mol. The summed E-state index contributed by atoms with van der Waals surface area (Å²) in [7, 11) is 0. The van der Waals surface area contributed by atoms with Crippen molar-refractivity contribution >= 4 is 16.5 Å². The van der Waals surface area contributed by atoms with E-state index in [4.69, 9.17) is 0 Å². The number of pyridine rings is 1. The monoisotopic (exact) mass is 370 g/mol. The SMILES string of the molecule is CC1=C(C)C(C)(C)[C]([Cr+2])=C1c1cccc2cccnc12.[Cl-].[Cl-]. The van der Waals surface area contributed by atoms with Crippen LogP contribution in [-0.2, 0) is 16.3 Å². The number of allylic oxidation sites excluding steroid dienone is 4. The zero-order chi connectivity index (χ0) is 14.5. The van der Waals surface area contributed by atoms with Gasteiger partial charge in [0.05, 0.1) is 0 Å². The zero-order valence-electron chi connectivity index (χ0n) is 13.1. The molecule has 0 unspecified atom stereocenters. The molecule has 1 aliphatic carbocycles. The molecule has 2 aromatic rings. The fourth-order valence-corrected chi connectivity index (χ4v) is 3.59. The first-order valence-electron chi connectivity index (χ1n) is 6.89. The topological polar surface area (TPSA) is 12.9 Å². The molecule has 0 atom stereocenters. The van der Waals surface area contributed by atoms with Crippen molar-refractivity contribution in [2.24, 2.45) is 5.41 Å². The van der Waals surface area contributed by atoms with Gasteiger partial charge in [0, 0.05) is 0 Å². The zero-order valence-corrected chi connectivity index (χ0v) is 15.9. The summed E-state index contributed by atoms with van der Waals surface area (Å²) in [5.74, 6) is 0. The summed E-state index contributed by atoms with van der Waals surface area (Å²) in [6.07, 6.45) is 1.87. The van der Waals surface area contributed by atoms with Crippen molar-refractivity contribution in [3.05, 3.63) is 57.7 Å². The van der Waals surface area contributed by atoms with Crippen LogP contribution >= 0.6 is 0 Å². The van der Waals surface area contributed by atoms with Crippen LogP contribution in [0.25, 0.3) is 16.5 Å². The largest absolute Gasteiger partial charge is 1.00 e. The van der Waals surface area contributed by atoms with E-state index < -0.39 is 0 Å². The first kappa shape index (κ1) is 19.3. The van der Waals surface area contributed by atoms with Crippen LogP contribution in [0, 0.1) is 5.41 Å². The van der Waals surface area contributed by atoms with E-state index in [1.54, 1.807) is 0 Å². The molecule has 1 aromatic heterocycles. The van der Waals surface area contributed by atoms with E-state index in [1.807, 2.05) is 12.3 Å². The third-order valence-corrected chi connectivity index (χ3v) is 5.69. The van der Waals surface area contributed by atoms with Crippen LogP contribution in [0.4, 0.5) is 0 Å². The summed E-state index contributed by atoms with van der Waals surface area (Å²) in [6.45, 7) is 9.02. The molecule has 0 spiro atoms. The Bertz CT molecular complexity index is 770. The minimum Gasteiger partial charge on any atom is -1.00 e. The summed E-state index contributed by atoms with van der Waals surface area (Å²) in [5.41, 5.74) is 6.56. The maximum absolute atomic E-state index is 4.60. The van der Waals surface area contributed by atoms with Gasteiger partial charge in [-0.2, -0.15) is 0 Å². The Morgan fingerprint density at radius 1 is 1.00 bits per heavy atom. The van der Waals surface area contributed by atoms with Gasteiger partial charge in [-0.05, 0) is 0 Å². The molecule has 0 aliphatic heterocycles. The standard InChI is InChI=1S/C18H18N.2ClH.Cr/c1-12-13(2)18(3,4)11-16(12)15-9-5-7-14-8-6-10-19-17(14)15;;;/h5-10H,1-4H3;2*1H;/q;;;+2/p-2. The minimum atomic E-state index is 0. The van der Waals surface area contributed by atoms with Crippen LogP contribution in [-0.4, -0.2) is 4.98 Å². The van der Waals surface area contributed by atoms with Gasteiger partial charge < -0.3 is 24.8 Å². The fourth-order valence-electron chi connectivity index (χ4n) is 2.94. The first-order valence-corrected chi connectivity index (χ1v) is 7.52. The van der Waals surface area contributed by atoms with E-state index in [1.165, 1.54) is 32.1 Å². The van der Waals surface area contributed by atoms with E-state index in [0.717, 1.165) is 5.52 Å². The number of benzene rings is 1. The van der Waals surface area contributed by atoms with E-state index in [-0.39, 0.29) is 30.2 Å². The second kappa shape index (κ2) is 6.77. The molecule has 4 heteroatoms. The Morgan fingerprint density at radius 2 is 1.64 bits per heavy atom. The Hall–Kier alpha value is -0.778. The van der Waals surface area contributed by atoms with E-state index >= 15 is 0 Å². The van der Waals surface area contributed by atoms with Gasteiger partial charge in [0.2, 0.25) is 0 Å². The van der Waals surface area contributed by atoms with Crippen molar-refractivity contribution < 1.29 is 41.1 Å². The molecular weight excluding hydrogens is 353 g/mol. The normalized spacial score (nSPS) is 16.5. The number of para-hydroxylation sites is 1. The second-order valence-corrected chi connectivity index (χ2v) is 6.60. The van der Waals surface area contributed by atoms with E-state index in [9.17, 15) is 0 Å². The number of hydrogen-bond donors (Lipinski definition) is 0. The number of halogens is 2. The molecule has 0 saturated heterocycles. The van der Waals surface area contributed by atoms with Gasteiger partial charge in [0.1, 0.15) is 0 Å². The predicted octanol–water partition coefficient (Wildman–Crippen LogP) is -1.12. The van der Waals surface area contributed by atoms with Gasteiger partial charge in [-0.3, -0.25) is 0 Å². The van der Waals surface area contributed by atoms with Crippen molar-refractivity contribution in [3.8, 4) is 0 Å². The van der Waals surface area contributed by atoms with Crippen molar-refractivity contribution in [2.75, 3.05) is 0 Å². The Labute approximate surface area is 153 Å². The van der Waals surface area contributed by atoms with Gasteiger partial charge in [-0.15, -0.1) is 0 Å². The van der Waals surface area contributed by atoms with Crippen LogP contribution in [0.15, 0.2) is 52.1 Å². The number of aromatic nitrogens is 1. The average Bonchev–Trinajstić information content (AvgIpc) is 2.60. The maximum atomic E-state index is 4.60. The van der Waals surface area contributed by atoms with Crippen LogP contribution in [0.3, 0.4) is 0 Å². The molecule has 1 aliphatic rings. The van der Waals surface area contributed by atoms with Crippen molar-refractivity contribution in [1.82, 2.24) is 4.98 Å². The van der Waals surface area contributed by atoms with Crippen molar-refractivity contribution in [2.45, 2.75) is 27.7 Å². The van der Waals surface area contributed by atoms with E-state index in [2.05, 4.69) is 73.2 Å². The third kappa shape index (κ3) is 2.74. The Morgan fingerprint density at radius 3 is 2.23 bits per heavy atom. The van der Waals surface area contributed by atoms with Crippen molar-refractivity contribution in [3.63, 3.8) is 0 Å². The molecule has 1 nitrogen and oxygen atoms in total. The molecular formula is C18H18Cl2CrN. The molecule has 1 aromatic carbocycles.